The number of hydrogen-bond acceptors (Lipinski definition) is 2. The predicted octanol–water partition coefficient (Wildman–Crippen LogP) is 3.53. The van der Waals surface area contributed by atoms with E-state index < -0.39 is 23.1 Å². The SMILES string of the molecule is Cc1ccc(F)c(C(=O)Nc2ccc(I)cn2)c1F. The number of aryl methyl sites for hydroxylation is 1. The van der Waals surface area contributed by atoms with E-state index in [4.69, 9.17) is 0 Å². The summed E-state index contributed by atoms with van der Waals surface area (Å²) in [4.78, 5) is 15.8. The maximum Gasteiger partial charge on any atom is 0.262 e. The van der Waals surface area contributed by atoms with Crippen molar-refractivity contribution in [3.8, 4) is 0 Å². The zero-order valence-electron chi connectivity index (χ0n) is 9.88. The summed E-state index contributed by atoms with van der Waals surface area (Å²) < 4.78 is 28.2. The highest BCUT2D eigenvalue weighted by Gasteiger charge is 2.19. The third-order valence-corrected chi connectivity index (χ3v) is 3.12. The second-order valence-electron chi connectivity index (χ2n) is 3.87. The van der Waals surface area contributed by atoms with Crippen LogP contribution in [0.15, 0.2) is 30.5 Å². The van der Waals surface area contributed by atoms with Crippen LogP contribution in [0, 0.1) is 22.1 Å². The second-order valence-corrected chi connectivity index (χ2v) is 5.11. The number of anilines is 1. The average Bonchev–Trinajstić information content (AvgIpc) is 2.37. The van der Waals surface area contributed by atoms with Crippen molar-refractivity contribution in [3.63, 3.8) is 0 Å². The highest BCUT2D eigenvalue weighted by Crippen LogP contribution is 2.18. The van der Waals surface area contributed by atoms with Crippen LogP contribution in [0.25, 0.3) is 0 Å². The number of hydrogen-bond donors (Lipinski definition) is 1. The molecule has 0 bridgehead atoms. The van der Waals surface area contributed by atoms with Crippen LogP contribution in [0.3, 0.4) is 0 Å². The molecule has 0 spiro atoms. The van der Waals surface area contributed by atoms with Gasteiger partial charge in [-0.2, -0.15) is 0 Å². The van der Waals surface area contributed by atoms with Gasteiger partial charge in [-0.15, -0.1) is 0 Å². The van der Waals surface area contributed by atoms with Gasteiger partial charge in [-0.05, 0) is 53.3 Å². The van der Waals surface area contributed by atoms with Gasteiger partial charge in [0.15, 0.2) is 0 Å². The van der Waals surface area contributed by atoms with Crippen molar-refractivity contribution in [3.05, 3.63) is 56.8 Å². The molecular formula is C13H9F2IN2O. The molecule has 0 saturated heterocycles. The number of carbonyl (C=O) groups excluding carboxylic acids is 1. The molecule has 1 amide bonds. The van der Waals surface area contributed by atoms with E-state index in [-0.39, 0.29) is 11.4 Å². The number of aromatic nitrogens is 1. The van der Waals surface area contributed by atoms with E-state index >= 15 is 0 Å². The van der Waals surface area contributed by atoms with Gasteiger partial charge in [0, 0.05) is 9.77 Å². The molecule has 0 fully saturated rings. The normalized spacial score (nSPS) is 10.3. The Hall–Kier alpha value is -1.57. The third kappa shape index (κ3) is 3.06. The molecule has 0 aliphatic heterocycles. The Morgan fingerprint density at radius 1 is 1.26 bits per heavy atom. The van der Waals surface area contributed by atoms with Gasteiger partial charge in [0.2, 0.25) is 0 Å². The summed E-state index contributed by atoms with van der Waals surface area (Å²) in [6.07, 6.45) is 1.54. The first kappa shape index (κ1) is 13.9. The lowest BCUT2D eigenvalue weighted by atomic mass is 10.1. The molecule has 0 saturated carbocycles. The fraction of sp³-hybridized carbons (Fsp3) is 0.0769. The molecule has 1 heterocycles. The van der Waals surface area contributed by atoms with E-state index in [1.54, 1.807) is 18.3 Å². The van der Waals surface area contributed by atoms with Gasteiger partial charge >= 0.3 is 0 Å². The number of benzene rings is 1. The van der Waals surface area contributed by atoms with Crippen LogP contribution < -0.4 is 5.32 Å². The largest absolute Gasteiger partial charge is 0.306 e. The van der Waals surface area contributed by atoms with Crippen LogP contribution in [-0.2, 0) is 0 Å². The lowest BCUT2D eigenvalue weighted by Crippen LogP contribution is -2.17. The van der Waals surface area contributed by atoms with E-state index in [1.807, 2.05) is 0 Å². The molecule has 1 aromatic carbocycles. The topological polar surface area (TPSA) is 42.0 Å². The summed E-state index contributed by atoms with van der Waals surface area (Å²) in [5.41, 5.74) is -0.387. The molecule has 1 N–H and O–H groups in total. The van der Waals surface area contributed by atoms with Gasteiger partial charge in [0.25, 0.3) is 5.91 Å². The Bertz CT molecular complexity index is 629. The minimum absolute atomic E-state index is 0.210. The van der Waals surface area contributed by atoms with Gasteiger partial charge in [-0.25, -0.2) is 13.8 Å². The van der Waals surface area contributed by atoms with Crippen molar-refractivity contribution >= 4 is 34.3 Å². The summed E-state index contributed by atoms with van der Waals surface area (Å²) in [5, 5.41) is 2.36. The molecule has 98 valence electrons. The predicted molar refractivity (Wildman–Crippen MR) is 76.0 cm³/mol. The fourth-order valence-corrected chi connectivity index (χ4v) is 1.81. The van der Waals surface area contributed by atoms with Crippen molar-refractivity contribution < 1.29 is 13.6 Å². The Morgan fingerprint density at radius 2 is 2.00 bits per heavy atom. The minimum atomic E-state index is -0.897. The van der Waals surface area contributed by atoms with Crippen LogP contribution in [-0.4, -0.2) is 10.9 Å². The van der Waals surface area contributed by atoms with Gasteiger partial charge in [0.05, 0.1) is 0 Å². The van der Waals surface area contributed by atoms with E-state index in [2.05, 4.69) is 32.9 Å². The summed E-state index contributed by atoms with van der Waals surface area (Å²) in [7, 11) is 0. The number of halogens is 3. The average molecular weight is 374 g/mol. The summed E-state index contributed by atoms with van der Waals surface area (Å²) in [6.45, 7) is 1.47. The Morgan fingerprint density at radius 3 is 2.63 bits per heavy atom. The molecule has 0 aliphatic rings. The smallest absolute Gasteiger partial charge is 0.262 e. The fourth-order valence-electron chi connectivity index (χ4n) is 1.49. The maximum atomic E-state index is 13.8. The second kappa shape index (κ2) is 5.60. The Balaban J connectivity index is 2.30. The summed E-state index contributed by atoms with van der Waals surface area (Å²) in [6, 6.07) is 5.64. The number of nitrogens with zero attached hydrogens (tertiary/aromatic N) is 1. The van der Waals surface area contributed by atoms with Gasteiger partial charge in [-0.1, -0.05) is 6.07 Å². The van der Waals surface area contributed by atoms with E-state index in [9.17, 15) is 13.6 Å². The zero-order chi connectivity index (χ0) is 14.0. The molecule has 0 aliphatic carbocycles. The molecule has 19 heavy (non-hydrogen) atoms. The number of carbonyl (C=O) groups is 1. The highest BCUT2D eigenvalue weighted by molar-refractivity contribution is 14.1. The first-order valence-electron chi connectivity index (χ1n) is 5.36. The lowest BCUT2D eigenvalue weighted by molar-refractivity contribution is 0.101. The Labute approximate surface area is 122 Å². The first-order chi connectivity index (χ1) is 8.99. The number of nitrogens with one attached hydrogen (secondary N) is 1. The first-order valence-corrected chi connectivity index (χ1v) is 6.44. The van der Waals surface area contributed by atoms with Crippen LogP contribution in [0.5, 0.6) is 0 Å². The number of rotatable bonds is 2. The zero-order valence-corrected chi connectivity index (χ0v) is 12.0. The van der Waals surface area contributed by atoms with E-state index in [0.717, 1.165) is 9.64 Å². The molecular weight excluding hydrogens is 365 g/mol. The van der Waals surface area contributed by atoms with Crippen LogP contribution >= 0.6 is 22.6 Å². The van der Waals surface area contributed by atoms with Crippen LogP contribution in [0.2, 0.25) is 0 Å². The standard InChI is InChI=1S/C13H9F2IN2O/c1-7-2-4-9(14)11(12(7)15)13(19)18-10-5-3-8(16)6-17-10/h2-6H,1H3,(H,17,18,19). The van der Waals surface area contributed by atoms with Crippen molar-refractivity contribution in [1.29, 1.82) is 0 Å². The number of amides is 1. The van der Waals surface area contributed by atoms with E-state index in [1.165, 1.54) is 13.0 Å². The molecule has 6 heteroatoms. The molecule has 2 aromatic rings. The van der Waals surface area contributed by atoms with E-state index in [0.29, 0.717) is 0 Å². The summed E-state index contributed by atoms with van der Waals surface area (Å²) >= 11 is 2.06. The van der Waals surface area contributed by atoms with Gasteiger partial charge < -0.3 is 5.32 Å². The molecule has 2 rings (SSSR count). The highest BCUT2D eigenvalue weighted by atomic mass is 127. The molecule has 1 aromatic heterocycles. The van der Waals surface area contributed by atoms with Gasteiger partial charge in [-0.3, -0.25) is 4.79 Å². The van der Waals surface area contributed by atoms with Crippen LogP contribution in [0.4, 0.5) is 14.6 Å². The molecule has 0 unspecified atom stereocenters. The quantitative estimate of drug-likeness (QED) is 0.818. The number of pyridine rings is 1. The van der Waals surface area contributed by atoms with Crippen molar-refractivity contribution in [1.82, 2.24) is 4.98 Å². The van der Waals surface area contributed by atoms with Crippen molar-refractivity contribution in [2.24, 2.45) is 0 Å². The third-order valence-electron chi connectivity index (χ3n) is 2.48. The summed E-state index contributed by atoms with van der Waals surface area (Å²) in [5.74, 6) is -2.37. The monoisotopic (exact) mass is 374 g/mol. The molecule has 3 nitrogen and oxygen atoms in total. The maximum absolute atomic E-state index is 13.8. The minimum Gasteiger partial charge on any atom is -0.306 e. The lowest BCUT2D eigenvalue weighted by Gasteiger charge is -2.08. The van der Waals surface area contributed by atoms with Crippen molar-refractivity contribution in [2.75, 3.05) is 5.32 Å². The van der Waals surface area contributed by atoms with Crippen LogP contribution in [0.1, 0.15) is 15.9 Å². The van der Waals surface area contributed by atoms with Gasteiger partial charge in [0.1, 0.15) is 23.0 Å². The molecule has 0 radical (unpaired) electrons. The Kier molecular flexibility index (Phi) is 4.08. The molecule has 0 atom stereocenters. The van der Waals surface area contributed by atoms with Crippen molar-refractivity contribution in [2.45, 2.75) is 6.92 Å².